The quantitative estimate of drug-likeness (QED) is 0.160. The van der Waals surface area contributed by atoms with E-state index in [0.717, 1.165) is 48.7 Å². The molecule has 304 valence electrons. The molecule has 7 heteroatoms. The number of rotatable bonds is 7. The zero-order valence-corrected chi connectivity index (χ0v) is 36.4. The monoisotopic (exact) mass is 865 g/mol. The summed E-state index contributed by atoms with van der Waals surface area (Å²) in [5.74, 6) is 1.89. The standard InChI is InChI=1S/C58H35N5S2/c1-4-15-36(16-5-1)43-24-13-26-46-47-27-14-25-44(54(47)65-53(43)46)39-29-31-51-48(34-39)45-23-10-11-28-50(45)63(51)42-22-12-21-41(33-42)58-59-49-35-40(30-32-52(49)64-58)57-61-55(37-17-6-2-7-18-37)60-56(62-57)38-19-8-3-9-20-38/h1-35H. The van der Waals surface area contributed by atoms with Crippen molar-refractivity contribution in [3.05, 3.63) is 212 Å². The SMILES string of the molecule is c1ccc(-c2nc(-c3ccccc3)nc(-c3ccc4sc(-c5cccc(-n6c7ccccc7c7cc(-c8cccc9c8sc8c(-c%10ccccc%10)cccc89)ccc76)c5)nc4c3)n2)cc1. The normalized spacial score (nSPS) is 11.7. The predicted molar refractivity (Wildman–Crippen MR) is 273 cm³/mol. The molecule has 0 bridgehead atoms. The second kappa shape index (κ2) is 15.3. The molecule has 0 spiro atoms. The molecule has 13 aromatic rings. The average Bonchev–Trinajstić information content (AvgIpc) is 4.09. The minimum Gasteiger partial charge on any atom is -0.309 e. The highest BCUT2D eigenvalue weighted by atomic mass is 32.1. The maximum Gasteiger partial charge on any atom is 0.164 e. The van der Waals surface area contributed by atoms with Crippen LogP contribution in [0.15, 0.2) is 212 Å². The van der Waals surface area contributed by atoms with Crippen LogP contribution in [0.4, 0.5) is 0 Å². The van der Waals surface area contributed by atoms with Crippen molar-refractivity contribution in [3.8, 4) is 72.7 Å². The van der Waals surface area contributed by atoms with Gasteiger partial charge < -0.3 is 4.57 Å². The Balaban J connectivity index is 0.886. The topological polar surface area (TPSA) is 56.5 Å². The maximum atomic E-state index is 5.22. The first-order valence-corrected chi connectivity index (χ1v) is 23.3. The predicted octanol–water partition coefficient (Wildman–Crippen LogP) is 15.9. The molecule has 0 saturated heterocycles. The van der Waals surface area contributed by atoms with Gasteiger partial charge in [0.25, 0.3) is 0 Å². The lowest BCUT2D eigenvalue weighted by Gasteiger charge is -2.10. The van der Waals surface area contributed by atoms with Crippen LogP contribution in [0.5, 0.6) is 0 Å². The molecule has 0 aliphatic heterocycles. The minimum absolute atomic E-state index is 0.614. The Bertz CT molecular complexity index is 3890. The van der Waals surface area contributed by atoms with E-state index < -0.39 is 0 Å². The molecule has 13 rings (SSSR count). The zero-order chi connectivity index (χ0) is 42.8. The number of aromatic nitrogens is 5. The third kappa shape index (κ3) is 6.43. The molecule has 65 heavy (non-hydrogen) atoms. The number of hydrogen-bond donors (Lipinski definition) is 0. The first-order valence-electron chi connectivity index (χ1n) is 21.6. The van der Waals surface area contributed by atoms with Crippen LogP contribution in [0, 0.1) is 0 Å². The Morgan fingerprint density at radius 1 is 0.323 bits per heavy atom. The number of benzene rings is 9. The van der Waals surface area contributed by atoms with E-state index in [4.69, 9.17) is 19.9 Å². The first-order chi connectivity index (χ1) is 32.2. The summed E-state index contributed by atoms with van der Waals surface area (Å²) in [5, 5.41) is 6.01. The fourth-order valence-corrected chi connectivity index (χ4v) is 11.5. The van der Waals surface area contributed by atoms with Crippen molar-refractivity contribution in [2.24, 2.45) is 0 Å². The van der Waals surface area contributed by atoms with Gasteiger partial charge in [0.1, 0.15) is 5.01 Å². The molecule has 0 aliphatic carbocycles. The van der Waals surface area contributed by atoms with Gasteiger partial charge in [0.05, 0.1) is 21.3 Å². The van der Waals surface area contributed by atoms with Gasteiger partial charge in [-0.1, -0.05) is 164 Å². The highest BCUT2D eigenvalue weighted by Crippen LogP contribution is 2.45. The van der Waals surface area contributed by atoms with Gasteiger partial charge in [-0.3, -0.25) is 0 Å². The molecule has 0 N–H and O–H groups in total. The summed E-state index contributed by atoms with van der Waals surface area (Å²) in [5.41, 5.74) is 13.2. The van der Waals surface area contributed by atoms with Gasteiger partial charge in [-0.25, -0.2) is 19.9 Å². The second-order valence-corrected chi connectivity index (χ2v) is 18.3. The molecule has 0 radical (unpaired) electrons. The van der Waals surface area contributed by atoms with Crippen molar-refractivity contribution in [3.63, 3.8) is 0 Å². The smallest absolute Gasteiger partial charge is 0.164 e. The third-order valence-corrected chi connectivity index (χ3v) is 14.7. The lowest BCUT2D eigenvalue weighted by atomic mass is 9.99. The number of nitrogens with zero attached hydrogens (tertiary/aromatic N) is 5. The van der Waals surface area contributed by atoms with E-state index in [1.54, 1.807) is 11.3 Å². The van der Waals surface area contributed by atoms with Crippen molar-refractivity contribution < 1.29 is 0 Å². The summed E-state index contributed by atoms with van der Waals surface area (Å²) in [6.45, 7) is 0. The van der Waals surface area contributed by atoms with Crippen LogP contribution in [0.2, 0.25) is 0 Å². The van der Waals surface area contributed by atoms with Crippen molar-refractivity contribution in [1.82, 2.24) is 24.5 Å². The lowest BCUT2D eigenvalue weighted by Crippen LogP contribution is -2.00. The van der Waals surface area contributed by atoms with Gasteiger partial charge in [0.15, 0.2) is 17.5 Å². The van der Waals surface area contributed by atoms with Gasteiger partial charge in [-0.15, -0.1) is 22.7 Å². The van der Waals surface area contributed by atoms with Gasteiger partial charge in [-0.2, -0.15) is 0 Å². The molecule has 9 aromatic carbocycles. The van der Waals surface area contributed by atoms with Gasteiger partial charge in [0, 0.05) is 58.9 Å². The zero-order valence-electron chi connectivity index (χ0n) is 34.8. The average molecular weight is 866 g/mol. The lowest BCUT2D eigenvalue weighted by molar-refractivity contribution is 1.07. The summed E-state index contributed by atoms with van der Waals surface area (Å²) in [6, 6.07) is 75.2. The Morgan fingerprint density at radius 2 is 0.862 bits per heavy atom. The first kappa shape index (κ1) is 37.5. The summed E-state index contributed by atoms with van der Waals surface area (Å²) in [6.07, 6.45) is 0. The van der Waals surface area contributed by atoms with Gasteiger partial charge in [-0.05, 0) is 70.8 Å². The van der Waals surface area contributed by atoms with Crippen LogP contribution in [-0.2, 0) is 0 Å². The summed E-state index contributed by atoms with van der Waals surface area (Å²) in [7, 11) is 0. The maximum absolute atomic E-state index is 5.22. The van der Waals surface area contributed by atoms with E-state index in [9.17, 15) is 0 Å². The molecular weight excluding hydrogens is 831 g/mol. The van der Waals surface area contributed by atoms with E-state index in [2.05, 4.69) is 156 Å². The van der Waals surface area contributed by atoms with Gasteiger partial charge in [0.2, 0.25) is 0 Å². The van der Waals surface area contributed by atoms with E-state index in [-0.39, 0.29) is 0 Å². The van der Waals surface area contributed by atoms with Crippen molar-refractivity contribution in [1.29, 1.82) is 0 Å². The summed E-state index contributed by atoms with van der Waals surface area (Å²) in [4.78, 5) is 20.0. The largest absolute Gasteiger partial charge is 0.309 e. The Kier molecular flexibility index (Phi) is 8.82. The molecule has 4 aromatic heterocycles. The van der Waals surface area contributed by atoms with E-state index in [0.29, 0.717) is 17.5 Å². The van der Waals surface area contributed by atoms with Crippen molar-refractivity contribution >= 4 is 74.9 Å². The molecule has 0 atom stereocenters. The van der Waals surface area contributed by atoms with Crippen LogP contribution >= 0.6 is 22.7 Å². The highest BCUT2D eigenvalue weighted by molar-refractivity contribution is 7.27. The molecule has 0 saturated carbocycles. The molecule has 0 aliphatic rings. The van der Waals surface area contributed by atoms with Crippen LogP contribution < -0.4 is 0 Å². The van der Waals surface area contributed by atoms with Crippen LogP contribution in [-0.4, -0.2) is 24.5 Å². The van der Waals surface area contributed by atoms with Crippen molar-refractivity contribution in [2.75, 3.05) is 0 Å². The number of para-hydroxylation sites is 1. The molecule has 0 amide bonds. The molecule has 0 fully saturated rings. The van der Waals surface area contributed by atoms with Crippen LogP contribution in [0.3, 0.4) is 0 Å². The molecule has 5 nitrogen and oxygen atoms in total. The molecule has 0 unspecified atom stereocenters. The molecule has 4 heterocycles. The van der Waals surface area contributed by atoms with Crippen molar-refractivity contribution in [2.45, 2.75) is 0 Å². The fraction of sp³-hybridized carbons (Fsp3) is 0. The molecular formula is C58H35N5S2. The van der Waals surface area contributed by atoms with E-state index >= 15 is 0 Å². The fourth-order valence-electron chi connectivity index (χ4n) is 9.22. The minimum atomic E-state index is 0.614. The number of thiophene rings is 1. The Labute approximate surface area is 382 Å². The van der Waals surface area contributed by atoms with E-state index in [1.807, 2.05) is 72.0 Å². The van der Waals surface area contributed by atoms with E-state index in [1.165, 1.54) is 58.7 Å². The number of fused-ring (bicyclic) bond motifs is 7. The Morgan fingerprint density at radius 3 is 1.55 bits per heavy atom. The van der Waals surface area contributed by atoms with Gasteiger partial charge >= 0.3 is 0 Å². The summed E-state index contributed by atoms with van der Waals surface area (Å²) >= 11 is 3.59. The third-order valence-electron chi connectivity index (χ3n) is 12.3. The second-order valence-electron chi connectivity index (χ2n) is 16.2. The Hall–Kier alpha value is -8.10. The number of hydrogen-bond acceptors (Lipinski definition) is 6. The van der Waals surface area contributed by atoms with Crippen LogP contribution in [0.25, 0.3) is 125 Å². The summed E-state index contributed by atoms with van der Waals surface area (Å²) < 4.78 is 6.13. The highest BCUT2D eigenvalue weighted by Gasteiger charge is 2.19. The number of thiazole rings is 1. The van der Waals surface area contributed by atoms with Crippen LogP contribution in [0.1, 0.15) is 0 Å².